The Morgan fingerprint density at radius 1 is 1.44 bits per heavy atom. The lowest BCUT2D eigenvalue weighted by Crippen LogP contribution is -2.14. The number of carbonyl (C=O) groups is 2. The molecule has 0 saturated carbocycles. The Labute approximate surface area is 103 Å². The quantitative estimate of drug-likeness (QED) is 0.746. The first-order chi connectivity index (χ1) is 8.40. The van der Waals surface area contributed by atoms with Crippen LogP contribution >= 0.6 is 0 Å². The summed E-state index contributed by atoms with van der Waals surface area (Å²) in [6.45, 7) is 1.56. The standard InChI is InChI=1S/C12H14FNO4/c1-7(15)2-5-11(16)14-8-3-4-10(13)9(6-8)12(17)18/h3-4,6-7,15H,2,5H2,1H3,(H,14,16)(H,17,18). The van der Waals surface area contributed by atoms with E-state index in [4.69, 9.17) is 10.2 Å². The van der Waals surface area contributed by atoms with E-state index in [2.05, 4.69) is 5.32 Å². The molecular formula is C12H14FNO4. The van der Waals surface area contributed by atoms with Crippen LogP contribution in [0.5, 0.6) is 0 Å². The molecule has 1 aromatic rings. The summed E-state index contributed by atoms with van der Waals surface area (Å²) >= 11 is 0. The van der Waals surface area contributed by atoms with Crippen molar-refractivity contribution in [2.24, 2.45) is 0 Å². The first kappa shape index (κ1) is 14.1. The Kier molecular flexibility index (Phi) is 4.79. The van der Waals surface area contributed by atoms with E-state index in [0.717, 1.165) is 12.1 Å². The number of carboxylic acid groups (broad SMARTS) is 1. The van der Waals surface area contributed by atoms with Gasteiger partial charge in [0.2, 0.25) is 5.91 Å². The van der Waals surface area contributed by atoms with Gasteiger partial charge in [0.1, 0.15) is 5.82 Å². The molecule has 1 amide bonds. The van der Waals surface area contributed by atoms with Crippen LogP contribution in [0, 0.1) is 5.82 Å². The zero-order valence-corrected chi connectivity index (χ0v) is 9.81. The van der Waals surface area contributed by atoms with Gasteiger partial charge < -0.3 is 15.5 Å². The third kappa shape index (κ3) is 4.14. The fourth-order valence-electron chi connectivity index (χ4n) is 1.33. The van der Waals surface area contributed by atoms with Gasteiger partial charge in [-0.2, -0.15) is 0 Å². The molecule has 0 radical (unpaired) electrons. The van der Waals surface area contributed by atoms with E-state index in [-0.39, 0.29) is 18.0 Å². The predicted octanol–water partition coefficient (Wildman–Crippen LogP) is 1.62. The van der Waals surface area contributed by atoms with E-state index >= 15 is 0 Å². The number of amides is 1. The summed E-state index contributed by atoms with van der Waals surface area (Å²) in [5.74, 6) is -2.61. The molecule has 0 saturated heterocycles. The normalized spacial score (nSPS) is 11.9. The van der Waals surface area contributed by atoms with Gasteiger partial charge in [-0.25, -0.2) is 9.18 Å². The smallest absolute Gasteiger partial charge is 0.338 e. The highest BCUT2D eigenvalue weighted by molar-refractivity contribution is 5.94. The molecule has 0 heterocycles. The summed E-state index contributed by atoms with van der Waals surface area (Å²) in [6, 6.07) is 3.31. The molecule has 1 rings (SSSR count). The van der Waals surface area contributed by atoms with Crippen LogP contribution in [0.4, 0.5) is 10.1 Å². The van der Waals surface area contributed by atoms with Crippen LogP contribution in [-0.2, 0) is 4.79 Å². The van der Waals surface area contributed by atoms with Crippen LogP contribution < -0.4 is 5.32 Å². The number of aromatic carboxylic acids is 1. The van der Waals surface area contributed by atoms with Crippen LogP contribution in [0.15, 0.2) is 18.2 Å². The molecule has 0 aliphatic heterocycles. The minimum atomic E-state index is -1.40. The van der Waals surface area contributed by atoms with E-state index < -0.39 is 23.5 Å². The number of rotatable bonds is 5. The van der Waals surface area contributed by atoms with E-state index in [1.54, 1.807) is 6.92 Å². The molecule has 98 valence electrons. The van der Waals surface area contributed by atoms with Crippen molar-refractivity contribution in [2.45, 2.75) is 25.9 Å². The fourth-order valence-corrected chi connectivity index (χ4v) is 1.33. The lowest BCUT2D eigenvalue weighted by Gasteiger charge is -2.07. The van der Waals surface area contributed by atoms with Gasteiger partial charge in [-0.15, -0.1) is 0 Å². The summed E-state index contributed by atoms with van der Waals surface area (Å²) in [6.07, 6.45) is -0.172. The second kappa shape index (κ2) is 6.11. The predicted molar refractivity (Wildman–Crippen MR) is 62.9 cm³/mol. The van der Waals surface area contributed by atoms with E-state index in [1.165, 1.54) is 6.07 Å². The Bertz CT molecular complexity index is 459. The first-order valence-electron chi connectivity index (χ1n) is 5.41. The Morgan fingerprint density at radius 2 is 2.11 bits per heavy atom. The zero-order valence-electron chi connectivity index (χ0n) is 9.81. The minimum absolute atomic E-state index is 0.109. The van der Waals surface area contributed by atoms with Gasteiger partial charge in [-0.1, -0.05) is 0 Å². The molecule has 0 spiro atoms. The first-order valence-corrected chi connectivity index (χ1v) is 5.41. The SMILES string of the molecule is CC(O)CCC(=O)Nc1ccc(F)c(C(=O)O)c1. The molecule has 1 aromatic carbocycles. The maximum atomic E-state index is 13.1. The van der Waals surface area contributed by atoms with Crippen LogP contribution in [-0.4, -0.2) is 28.2 Å². The lowest BCUT2D eigenvalue weighted by molar-refractivity contribution is -0.116. The molecule has 18 heavy (non-hydrogen) atoms. The van der Waals surface area contributed by atoms with Crippen molar-refractivity contribution in [2.75, 3.05) is 5.32 Å². The summed E-state index contributed by atoms with van der Waals surface area (Å²) in [7, 11) is 0. The van der Waals surface area contributed by atoms with Gasteiger partial charge in [0.25, 0.3) is 0 Å². The van der Waals surface area contributed by atoms with Crippen molar-refractivity contribution < 1.29 is 24.2 Å². The third-order valence-electron chi connectivity index (χ3n) is 2.27. The number of benzene rings is 1. The topological polar surface area (TPSA) is 86.6 Å². The molecule has 5 nitrogen and oxygen atoms in total. The average molecular weight is 255 g/mol. The van der Waals surface area contributed by atoms with Crippen LogP contribution in [0.25, 0.3) is 0 Å². The van der Waals surface area contributed by atoms with Gasteiger partial charge in [0.15, 0.2) is 0 Å². The Morgan fingerprint density at radius 3 is 2.67 bits per heavy atom. The highest BCUT2D eigenvalue weighted by atomic mass is 19.1. The number of halogens is 1. The van der Waals surface area contributed by atoms with Gasteiger partial charge in [-0.05, 0) is 31.5 Å². The lowest BCUT2D eigenvalue weighted by atomic mass is 10.1. The van der Waals surface area contributed by atoms with Crippen molar-refractivity contribution in [1.29, 1.82) is 0 Å². The molecule has 1 unspecified atom stereocenters. The van der Waals surface area contributed by atoms with Gasteiger partial charge in [0.05, 0.1) is 11.7 Å². The number of hydrogen-bond acceptors (Lipinski definition) is 3. The van der Waals surface area contributed by atoms with Crippen LogP contribution in [0.2, 0.25) is 0 Å². The molecule has 0 aliphatic rings. The summed E-state index contributed by atoms with van der Waals surface area (Å²) in [4.78, 5) is 22.1. The average Bonchev–Trinajstić information content (AvgIpc) is 2.28. The van der Waals surface area contributed by atoms with Crippen molar-refractivity contribution in [1.82, 2.24) is 0 Å². The molecule has 0 aromatic heterocycles. The number of aliphatic hydroxyl groups is 1. The Hall–Kier alpha value is -1.95. The number of nitrogens with one attached hydrogen (secondary N) is 1. The monoisotopic (exact) mass is 255 g/mol. The molecular weight excluding hydrogens is 241 g/mol. The second-order valence-electron chi connectivity index (χ2n) is 3.94. The van der Waals surface area contributed by atoms with Crippen LogP contribution in [0.3, 0.4) is 0 Å². The van der Waals surface area contributed by atoms with Crippen molar-refractivity contribution in [3.63, 3.8) is 0 Å². The summed E-state index contributed by atoms with van der Waals surface area (Å²) < 4.78 is 13.1. The van der Waals surface area contributed by atoms with Crippen molar-refractivity contribution in [3.8, 4) is 0 Å². The van der Waals surface area contributed by atoms with Gasteiger partial charge >= 0.3 is 5.97 Å². The molecule has 0 bridgehead atoms. The van der Waals surface area contributed by atoms with Crippen molar-refractivity contribution in [3.05, 3.63) is 29.6 Å². The maximum Gasteiger partial charge on any atom is 0.338 e. The highest BCUT2D eigenvalue weighted by Crippen LogP contribution is 2.15. The molecule has 0 aliphatic carbocycles. The van der Waals surface area contributed by atoms with E-state index in [0.29, 0.717) is 6.42 Å². The molecule has 3 N–H and O–H groups in total. The molecule has 0 fully saturated rings. The summed E-state index contributed by atoms with van der Waals surface area (Å²) in [5, 5.41) is 20.2. The third-order valence-corrected chi connectivity index (χ3v) is 2.27. The van der Waals surface area contributed by atoms with Crippen molar-refractivity contribution >= 4 is 17.6 Å². The summed E-state index contributed by atoms with van der Waals surface area (Å²) in [5.41, 5.74) is -0.285. The fraction of sp³-hybridized carbons (Fsp3) is 0.333. The number of aliphatic hydroxyl groups excluding tert-OH is 1. The molecule has 6 heteroatoms. The van der Waals surface area contributed by atoms with Gasteiger partial charge in [0, 0.05) is 12.1 Å². The Balaban J connectivity index is 2.70. The zero-order chi connectivity index (χ0) is 13.7. The van der Waals surface area contributed by atoms with Gasteiger partial charge in [-0.3, -0.25) is 4.79 Å². The van der Waals surface area contributed by atoms with E-state index in [1.807, 2.05) is 0 Å². The second-order valence-corrected chi connectivity index (χ2v) is 3.94. The van der Waals surface area contributed by atoms with Crippen LogP contribution in [0.1, 0.15) is 30.1 Å². The molecule has 1 atom stereocenters. The maximum absolute atomic E-state index is 13.1. The largest absolute Gasteiger partial charge is 0.478 e. The number of carbonyl (C=O) groups excluding carboxylic acids is 1. The highest BCUT2D eigenvalue weighted by Gasteiger charge is 2.12. The minimum Gasteiger partial charge on any atom is -0.478 e. The number of carboxylic acids is 1. The number of hydrogen-bond donors (Lipinski definition) is 3. The number of anilines is 1. The van der Waals surface area contributed by atoms with E-state index in [9.17, 15) is 14.0 Å².